The first-order valence-corrected chi connectivity index (χ1v) is 10.3. The zero-order chi connectivity index (χ0) is 23.5. The third-order valence-corrected chi connectivity index (χ3v) is 5.05. The van der Waals surface area contributed by atoms with E-state index in [4.69, 9.17) is 21.4 Å². The van der Waals surface area contributed by atoms with Crippen LogP contribution in [0.4, 0.5) is 11.4 Å². The fourth-order valence-corrected chi connectivity index (χ4v) is 3.61. The molecule has 2 heterocycles. The van der Waals surface area contributed by atoms with Crippen molar-refractivity contribution < 1.29 is 23.7 Å². The van der Waals surface area contributed by atoms with Crippen molar-refractivity contribution in [1.29, 1.82) is 0 Å². The Morgan fingerprint density at radius 3 is 2.70 bits per heavy atom. The molecule has 166 valence electrons. The van der Waals surface area contributed by atoms with E-state index >= 15 is 0 Å². The Hall–Kier alpha value is -4.31. The second-order valence-electron chi connectivity index (χ2n) is 6.86. The van der Waals surface area contributed by atoms with Gasteiger partial charge < -0.3 is 9.15 Å². The third-order valence-electron chi connectivity index (χ3n) is 4.77. The molecule has 0 atom stereocenters. The quantitative estimate of drug-likeness (QED) is 0.193. The zero-order valence-corrected chi connectivity index (χ0v) is 18.1. The van der Waals surface area contributed by atoms with Crippen molar-refractivity contribution in [2.75, 3.05) is 11.5 Å². The molecule has 9 nitrogen and oxygen atoms in total. The summed E-state index contributed by atoms with van der Waals surface area (Å²) < 4.78 is 11.2. The summed E-state index contributed by atoms with van der Waals surface area (Å²) in [5, 5.41) is 13.7. The lowest BCUT2D eigenvalue weighted by Crippen LogP contribution is -2.54. The number of nitro groups is 1. The van der Waals surface area contributed by atoms with Gasteiger partial charge in [0.1, 0.15) is 22.8 Å². The Bertz CT molecular complexity index is 1310. The van der Waals surface area contributed by atoms with Crippen molar-refractivity contribution in [1.82, 2.24) is 5.32 Å². The number of rotatable bonds is 6. The summed E-state index contributed by atoms with van der Waals surface area (Å²) >= 11 is 5.21. The molecule has 1 aromatic heterocycles. The van der Waals surface area contributed by atoms with Gasteiger partial charge in [-0.15, -0.1) is 0 Å². The second-order valence-corrected chi connectivity index (χ2v) is 7.25. The molecule has 1 saturated heterocycles. The summed E-state index contributed by atoms with van der Waals surface area (Å²) in [4.78, 5) is 37.7. The van der Waals surface area contributed by atoms with Gasteiger partial charge in [-0.1, -0.05) is 18.2 Å². The van der Waals surface area contributed by atoms with Crippen molar-refractivity contribution in [2.45, 2.75) is 6.92 Å². The number of amides is 2. The first-order chi connectivity index (χ1) is 15.9. The van der Waals surface area contributed by atoms with Gasteiger partial charge in [-0.05, 0) is 55.5 Å². The van der Waals surface area contributed by atoms with Crippen LogP contribution in [0.25, 0.3) is 17.4 Å². The molecule has 0 spiro atoms. The van der Waals surface area contributed by atoms with Gasteiger partial charge in [0, 0.05) is 12.1 Å². The normalized spacial score (nSPS) is 15.0. The van der Waals surface area contributed by atoms with Crippen LogP contribution in [0.5, 0.6) is 5.75 Å². The summed E-state index contributed by atoms with van der Waals surface area (Å²) in [6.45, 7) is 2.29. The van der Waals surface area contributed by atoms with Crippen LogP contribution in [0.2, 0.25) is 0 Å². The Morgan fingerprint density at radius 2 is 1.94 bits per heavy atom. The minimum atomic E-state index is -0.675. The number of nitro benzene ring substituents is 1. The SMILES string of the molecule is CCOc1cccc(N2C(=O)C(=Cc3ccc(-c4ccccc4[N+](=O)[O-])o3)C(=O)NC2=S)c1. The lowest BCUT2D eigenvalue weighted by molar-refractivity contribution is -0.384. The minimum absolute atomic E-state index is 0.0594. The van der Waals surface area contributed by atoms with Crippen molar-refractivity contribution >= 4 is 46.6 Å². The summed E-state index contributed by atoms with van der Waals surface area (Å²) in [5.74, 6) is -0.354. The van der Waals surface area contributed by atoms with Crippen LogP contribution in [0.3, 0.4) is 0 Å². The maximum Gasteiger partial charge on any atom is 0.280 e. The minimum Gasteiger partial charge on any atom is -0.494 e. The smallest absolute Gasteiger partial charge is 0.280 e. The van der Waals surface area contributed by atoms with Gasteiger partial charge in [0.15, 0.2) is 5.11 Å². The number of ether oxygens (including phenoxy) is 1. The number of anilines is 1. The van der Waals surface area contributed by atoms with Gasteiger partial charge in [0.25, 0.3) is 17.5 Å². The van der Waals surface area contributed by atoms with Crippen LogP contribution in [0.1, 0.15) is 12.7 Å². The van der Waals surface area contributed by atoms with E-state index in [2.05, 4.69) is 5.32 Å². The summed E-state index contributed by atoms with van der Waals surface area (Å²) in [6, 6.07) is 15.9. The van der Waals surface area contributed by atoms with E-state index < -0.39 is 16.7 Å². The number of nitrogens with zero attached hydrogens (tertiary/aromatic N) is 2. The van der Waals surface area contributed by atoms with Gasteiger partial charge in [-0.25, -0.2) is 0 Å². The van der Waals surface area contributed by atoms with E-state index in [1.807, 2.05) is 6.92 Å². The van der Waals surface area contributed by atoms with E-state index in [0.29, 0.717) is 18.0 Å². The number of carbonyl (C=O) groups excluding carboxylic acids is 2. The highest BCUT2D eigenvalue weighted by molar-refractivity contribution is 7.80. The highest BCUT2D eigenvalue weighted by Crippen LogP contribution is 2.32. The number of hydrogen-bond donors (Lipinski definition) is 1. The van der Waals surface area contributed by atoms with Crippen LogP contribution in [-0.4, -0.2) is 28.5 Å². The lowest BCUT2D eigenvalue weighted by Gasteiger charge is -2.29. The monoisotopic (exact) mass is 463 g/mol. The van der Waals surface area contributed by atoms with Gasteiger partial charge in [-0.2, -0.15) is 0 Å². The molecule has 10 heteroatoms. The molecule has 2 amide bonds. The number of carbonyl (C=O) groups is 2. The maximum absolute atomic E-state index is 13.2. The van der Waals surface area contributed by atoms with Crippen molar-refractivity contribution in [3.05, 3.63) is 82.1 Å². The molecule has 0 bridgehead atoms. The molecule has 0 unspecified atom stereocenters. The van der Waals surface area contributed by atoms with E-state index in [9.17, 15) is 19.7 Å². The topological polar surface area (TPSA) is 115 Å². The molecular weight excluding hydrogens is 446 g/mol. The number of benzene rings is 2. The van der Waals surface area contributed by atoms with E-state index in [-0.39, 0.29) is 33.5 Å². The van der Waals surface area contributed by atoms with Gasteiger partial charge >= 0.3 is 0 Å². The fraction of sp³-hybridized carbons (Fsp3) is 0.0870. The Kier molecular flexibility index (Phi) is 6.01. The molecule has 1 aliphatic heterocycles. The highest BCUT2D eigenvalue weighted by atomic mass is 32.1. The van der Waals surface area contributed by atoms with Gasteiger partial charge in [0.05, 0.1) is 22.8 Å². The molecule has 2 aromatic carbocycles. The third kappa shape index (κ3) is 4.37. The van der Waals surface area contributed by atoms with Gasteiger partial charge in [0.2, 0.25) is 0 Å². The van der Waals surface area contributed by atoms with Crippen LogP contribution < -0.4 is 15.0 Å². The Balaban J connectivity index is 1.68. The lowest BCUT2D eigenvalue weighted by atomic mass is 10.1. The average Bonchev–Trinajstić information content (AvgIpc) is 3.25. The summed E-state index contributed by atoms with van der Waals surface area (Å²) in [7, 11) is 0. The van der Waals surface area contributed by atoms with Crippen LogP contribution in [-0.2, 0) is 9.59 Å². The fourth-order valence-electron chi connectivity index (χ4n) is 3.33. The highest BCUT2D eigenvalue weighted by Gasteiger charge is 2.35. The van der Waals surface area contributed by atoms with Crippen molar-refractivity contribution in [2.24, 2.45) is 0 Å². The second kappa shape index (κ2) is 9.05. The van der Waals surface area contributed by atoms with Crippen LogP contribution in [0, 0.1) is 10.1 Å². The number of nitrogens with one attached hydrogen (secondary N) is 1. The molecular formula is C23H17N3O6S. The Morgan fingerprint density at radius 1 is 1.15 bits per heavy atom. The van der Waals surface area contributed by atoms with E-state index in [1.165, 1.54) is 29.2 Å². The first-order valence-electron chi connectivity index (χ1n) is 9.87. The van der Waals surface area contributed by atoms with Crippen LogP contribution in [0.15, 0.2) is 70.7 Å². The predicted octanol–water partition coefficient (Wildman–Crippen LogP) is 4.08. The molecule has 1 aliphatic rings. The van der Waals surface area contributed by atoms with E-state index in [0.717, 1.165) is 0 Å². The van der Waals surface area contributed by atoms with Crippen molar-refractivity contribution in [3.8, 4) is 17.1 Å². The largest absolute Gasteiger partial charge is 0.494 e. The molecule has 1 N–H and O–H groups in total. The first kappa shape index (κ1) is 21.9. The molecule has 0 saturated carbocycles. The van der Waals surface area contributed by atoms with Crippen molar-refractivity contribution in [3.63, 3.8) is 0 Å². The molecule has 3 aromatic rings. The maximum atomic E-state index is 13.2. The number of thiocarbonyl (C=S) groups is 1. The standard InChI is InChI=1S/C23H17N3O6S/c1-2-31-15-7-5-6-14(12-15)25-22(28)18(21(27)24-23(25)33)13-16-10-11-20(32-16)17-8-3-4-9-19(17)26(29)30/h3-13H,2H2,1H3,(H,24,27,33). The predicted molar refractivity (Wildman–Crippen MR) is 125 cm³/mol. The summed E-state index contributed by atoms with van der Waals surface area (Å²) in [6.07, 6.45) is 1.27. The number of furan rings is 1. The molecule has 0 aliphatic carbocycles. The molecule has 1 fully saturated rings. The summed E-state index contributed by atoms with van der Waals surface area (Å²) in [5.41, 5.74) is 0.390. The average molecular weight is 463 g/mol. The number of hydrogen-bond acceptors (Lipinski definition) is 7. The van der Waals surface area contributed by atoms with Gasteiger partial charge in [-0.3, -0.25) is 29.9 Å². The number of para-hydroxylation sites is 1. The molecule has 0 radical (unpaired) electrons. The Labute approximate surface area is 193 Å². The zero-order valence-electron chi connectivity index (χ0n) is 17.3. The molecule has 33 heavy (non-hydrogen) atoms. The van der Waals surface area contributed by atoms with E-state index in [1.54, 1.807) is 42.5 Å². The molecule has 4 rings (SSSR count). The van der Waals surface area contributed by atoms with Crippen LogP contribution >= 0.6 is 12.2 Å².